The highest BCUT2D eigenvalue weighted by atomic mass is 32.2. The van der Waals surface area contributed by atoms with Crippen molar-refractivity contribution in [1.29, 1.82) is 0 Å². The van der Waals surface area contributed by atoms with E-state index >= 15 is 0 Å². The van der Waals surface area contributed by atoms with Crippen molar-refractivity contribution in [2.24, 2.45) is 0 Å². The molecule has 2 aliphatic carbocycles. The van der Waals surface area contributed by atoms with Gasteiger partial charge in [0.15, 0.2) is 9.84 Å². The highest BCUT2D eigenvalue weighted by Gasteiger charge is 2.55. The molecule has 4 fully saturated rings. The van der Waals surface area contributed by atoms with Gasteiger partial charge in [-0.05, 0) is 67.9 Å². The maximum atomic E-state index is 14.2. The third kappa shape index (κ3) is 4.51. The molecule has 2 bridgehead atoms. The Kier molecular flexibility index (Phi) is 5.81. The van der Waals surface area contributed by atoms with Crippen LogP contribution in [0.2, 0.25) is 0 Å². The fourth-order valence-electron chi connectivity index (χ4n) is 6.80. The first-order valence-corrected chi connectivity index (χ1v) is 16.9. The number of aromatic nitrogens is 2. The fraction of sp³-hybridized carbons (Fsp3) is 0.483. The van der Waals surface area contributed by atoms with Crippen LogP contribution in [0, 0.1) is 0 Å². The lowest BCUT2D eigenvalue weighted by atomic mass is 10.1. The summed E-state index contributed by atoms with van der Waals surface area (Å²) < 4.78 is 69.1. The molecule has 5 aliphatic rings. The molecule has 2 saturated carbocycles. The zero-order chi connectivity index (χ0) is 29.9. The molecule has 3 aliphatic heterocycles. The van der Waals surface area contributed by atoms with E-state index in [1.54, 1.807) is 7.05 Å². The van der Waals surface area contributed by atoms with Gasteiger partial charge in [0.2, 0.25) is 5.95 Å². The molecule has 226 valence electrons. The third-order valence-electron chi connectivity index (χ3n) is 9.54. The van der Waals surface area contributed by atoms with Crippen molar-refractivity contribution >= 4 is 44.4 Å². The summed E-state index contributed by atoms with van der Waals surface area (Å²) in [5.74, 6) is -0.426. The highest BCUT2D eigenvalue weighted by molar-refractivity contribution is 7.91. The van der Waals surface area contributed by atoms with Gasteiger partial charge in [0.1, 0.15) is 10.4 Å². The van der Waals surface area contributed by atoms with Crippen molar-refractivity contribution in [3.63, 3.8) is 0 Å². The first-order valence-electron chi connectivity index (χ1n) is 14.4. The standard InChI is InChI=1S/C29H29F3N6O3S2/c1-37-26(39)25-23(43(40,41)14-28(37)6-7-28)10-22(42-25)24-20(29(30,31)32)12-34-27(36-24)35-21-5-4-17(9-19(21)15-2-3-15)38-13-16-8-18(38)11-33-16/h4-5,9-10,12,15-16,18,33H,2-3,6-8,11,13-14H2,1H3,(H,34,35,36)/t16-,18-/m1/s1. The van der Waals surface area contributed by atoms with E-state index in [0.29, 0.717) is 30.8 Å². The normalized spacial score (nSPS) is 25.3. The van der Waals surface area contributed by atoms with Gasteiger partial charge in [-0.25, -0.2) is 18.4 Å². The maximum Gasteiger partial charge on any atom is 0.420 e. The molecule has 1 aromatic carbocycles. The van der Waals surface area contributed by atoms with Gasteiger partial charge in [0.25, 0.3) is 5.91 Å². The smallest absolute Gasteiger partial charge is 0.366 e. The third-order valence-corrected chi connectivity index (χ3v) is 12.7. The number of nitrogens with zero attached hydrogens (tertiary/aromatic N) is 4. The molecule has 1 amide bonds. The number of rotatable bonds is 5. The number of sulfone groups is 1. The summed E-state index contributed by atoms with van der Waals surface area (Å²) in [5.41, 5.74) is 0.657. The van der Waals surface area contributed by atoms with Crippen molar-refractivity contribution in [3.8, 4) is 10.6 Å². The number of carbonyl (C=O) groups excluding carboxylic acids is 1. The summed E-state index contributed by atoms with van der Waals surface area (Å²) in [6, 6.07) is 8.26. The summed E-state index contributed by atoms with van der Waals surface area (Å²) in [5, 5.41) is 6.66. The quantitative estimate of drug-likeness (QED) is 0.415. The van der Waals surface area contributed by atoms with Crippen LogP contribution in [0.15, 0.2) is 35.4 Å². The van der Waals surface area contributed by atoms with Gasteiger partial charge in [0, 0.05) is 49.8 Å². The average Bonchev–Trinajstić information content (AvgIpc) is 3.81. The molecule has 0 unspecified atom stereocenters. The Morgan fingerprint density at radius 1 is 1.19 bits per heavy atom. The minimum atomic E-state index is -4.79. The number of thiophene rings is 1. The summed E-state index contributed by atoms with van der Waals surface area (Å²) >= 11 is 0.731. The number of halogens is 3. The Morgan fingerprint density at radius 2 is 1.98 bits per heavy atom. The Morgan fingerprint density at radius 3 is 2.63 bits per heavy atom. The predicted molar refractivity (Wildman–Crippen MR) is 156 cm³/mol. The zero-order valence-corrected chi connectivity index (χ0v) is 24.9. The van der Waals surface area contributed by atoms with Gasteiger partial charge in [-0.1, -0.05) is 0 Å². The van der Waals surface area contributed by atoms with Crippen LogP contribution >= 0.6 is 11.3 Å². The van der Waals surface area contributed by atoms with E-state index in [2.05, 4.69) is 31.6 Å². The minimum absolute atomic E-state index is 0.0334. The Labute approximate surface area is 250 Å². The number of hydrogen-bond donors (Lipinski definition) is 2. The molecule has 0 radical (unpaired) electrons. The van der Waals surface area contributed by atoms with Gasteiger partial charge in [-0.15, -0.1) is 11.3 Å². The van der Waals surface area contributed by atoms with Gasteiger partial charge in [-0.2, -0.15) is 13.2 Å². The van der Waals surface area contributed by atoms with Gasteiger partial charge in [-0.3, -0.25) is 4.79 Å². The number of alkyl halides is 3. The fourth-order valence-corrected chi connectivity index (χ4v) is 10.4. The Bertz CT molecular complexity index is 1780. The molecule has 8 rings (SSSR count). The summed E-state index contributed by atoms with van der Waals surface area (Å²) in [4.78, 5) is 25.1. The maximum absolute atomic E-state index is 14.2. The first kappa shape index (κ1) is 27.3. The lowest BCUT2D eigenvalue weighted by Gasteiger charge is -2.30. The van der Waals surface area contributed by atoms with Gasteiger partial charge in [0.05, 0.1) is 26.8 Å². The molecule has 43 heavy (non-hydrogen) atoms. The molecule has 3 aromatic rings. The van der Waals surface area contributed by atoms with Crippen LogP contribution in [0.5, 0.6) is 0 Å². The second-order valence-electron chi connectivity index (χ2n) is 12.4. The molecule has 9 nitrogen and oxygen atoms in total. The van der Waals surface area contributed by atoms with Crippen molar-refractivity contribution in [2.45, 2.75) is 66.7 Å². The molecule has 2 aromatic heterocycles. The predicted octanol–water partition coefficient (Wildman–Crippen LogP) is 4.79. The van der Waals surface area contributed by atoms with Crippen LogP contribution in [0.4, 0.5) is 30.5 Å². The second kappa shape index (κ2) is 9.14. The number of benzene rings is 1. The molecule has 1 spiro atoms. The monoisotopic (exact) mass is 630 g/mol. The van der Waals surface area contributed by atoms with Crippen molar-refractivity contribution < 1.29 is 26.4 Å². The number of fused-ring (bicyclic) bond motifs is 3. The largest absolute Gasteiger partial charge is 0.420 e. The van der Waals surface area contributed by atoms with Crippen LogP contribution in [0.3, 0.4) is 0 Å². The lowest BCUT2D eigenvalue weighted by Crippen LogP contribution is -2.43. The van der Waals surface area contributed by atoms with Crippen LogP contribution in [-0.4, -0.2) is 72.7 Å². The van der Waals surface area contributed by atoms with Crippen molar-refractivity contribution in [2.75, 3.05) is 36.1 Å². The molecule has 2 N–H and O–H groups in total. The van der Waals surface area contributed by atoms with E-state index in [0.717, 1.165) is 66.8 Å². The molecular weight excluding hydrogens is 601 g/mol. The van der Waals surface area contributed by atoms with Crippen LogP contribution in [-0.2, 0) is 16.0 Å². The summed E-state index contributed by atoms with van der Waals surface area (Å²) in [7, 11) is -2.35. The first-order chi connectivity index (χ1) is 20.4. The molecular formula is C29H29F3N6O3S2. The van der Waals surface area contributed by atoms with Crippen molar-refractivity contribution in [1.82, 2.24) is 20.2 Å². The number of hydrogen-bond acceptors (Lipinski definition) is 9. The highest BCUT2D eigenvalue weighted by Crippen LogP contribution is 2.50. The molecule has 2 saturated heterocycles. The number of amides is 1. The number of nitrogens with one attached hydrogen (secondary N) is 2. The van der Waals surface area contributed by atoms with Crippen LogP contribution in [0.1, 0.15) is 58.8 Å². The van der Waals surface area contributed by atoms with Gasteiger partial charge < -0.3 is 20.4 Å². The lowest BCUT2D eigenvalue weighted by molar-refractivity contribution is -0.137. The van der Waals surface area contributed by atoms with Crippen molar-refractivity contribution in [3.05, 3.63) is 46.5 Å². The molecule has 2 atom stereocenters. The number of piperazine rings is 1. The Balaban J connectivity index is 1.17. The number of carbonyl (C=O) groups is 1. The topological polar surface area (TPSA) is 108 Å². The van der Waals surface area contributed by atoms with E-state index in [4.69, 9.17) is 0 Å². The Hall–Kier alpha value is -3.23. The zero-order valence-electron chi connectivity index (χ0n) is 23.2. The number of anilines is 3. The second-order valence-corrected chi connectivity index (χ2v) is 15.4. The molecule has 14 heteroatoms. The van der Waals surface area contributed by atoms with Crippen LogP contribution < -0.4 is 15.5 Å². The van der Waals surface area contributed by atoms with E-state index in [-0.39, 0.29) is 26.4 Å². The summed E-state index contributed by atoms with van der Waals surface area (Å²) in [6.45, 7) is 1.91. The van der Waals surface area contributed by atoms with Crippen LogP contribution in [0.25, 0.3) is 10.6 Å². The van der Waals surface area contributed by atoms with E-state index in [1.807, 2.05) is 12.1 Å². The van der Waals surface area contributed by atoms with E-state index in [9.17, 15) is 26.4 Å². The van der Waals surface area contributed by atoms with E-state index < -0.39 is 38.7 Å². The molecule has 5 heterocycles. The average molecular weight is 631 g/mol. The van der Waals surface area contributed by atoms with Gasteiger partial charge >= 0.3 is 6.18 Å². The SMILES string of the molecule is CN1C(=O)c2sc(-c3nc(Nc4ccc(N5C[C@H]6C[C@@H]5CN6)cc4C4CC4)ncc3C(F)(F)F)cc2S(=O)(=O)CC12CC2. The van der Waals surface area contributed by atoms with E-state index in [1.165, 1.54) is 11.0 Å². The minimum Gasteiger partial charge on any atom is -0.366 e. The summed E-state index contributed by atoms with van der Waals surface area (Å²) in [6.07, 6.45) is 0.268.